The normalized spacial score (nSPS) is 10.9. The van der Waals surface area contributed by atoms with Crippen LogP contribution in [0.25, 0.3) is 11.0 Å². The van der Waals surface area contributed by atoms with Crippen LogP contribution in [0, 0.1) is 13.8 Å². The number of hydrogen-bond acceptors (Lipinski definition) is 3. The van der Waals surface area contributed by atoms with Crippen molar-refractivity contribution in [2.24, 2.45) is 0 Å². The Morgan fingerprint density at radius 2 is 1.96 bits per heavy atom. The van der Waals surface area contributed by atoms with Crippen LogP contribution >= 0.6 is 23.4 Å². The number of carbonyl (C=O) groups excluding carboxylic acids is 1. The Morgan fingerprint density at radius 1 is 1.22 bits per heavy atom. The van der Waals surface area contributed by atoms with Crippen LogP contribution in [-0.2, 0) is 4.79 Å². The molecule has 0 unspecified atom stereocenters. The van der Waals surface area contributed by atoms with Gasteiger partial charge in [0.1, 0.15) is 0 Å². The summed E-state index contributed by atoms with van der Waals surface area (Å²) in [6, 6.07) is 11.6. The monoisotopic (exact) mass is 345 g/mol. The van der Waals surface area contributed by atoms with Crippen LogP contribution in [0.1, 0.15) is 11.1 Å². The lowest BCUT2D eigenvalue weighted by molar-refractivity contribution is -0.113. The number of amides is 1. The Morgan fingerprint density at radius 3 is 2.74 bits per heavy atom. The number of fused-ring (bicyclic) bond motifs is 1. The summed E-state index contributed by atoms with van der Waals surface area (Å²) in [5.74, 6) is 0.153. The average Bonchev–Trinajstić information content (AvgIpc) is 2.90. The fourth-order valence-electron chi connectivity index (χ4n) is 2.21. The molecule has 0 spiro atoms. The number of rotatable bonds is 4. The lowest BCUT2D eigenvalue weighted by Crippen LogP contribution is -2.14. The summed E-state index contributed by atoms with van der Waals surface area (Å²) in [5.41, 5.74) is 4.74. The third kappa shape index (κ3) is 3.86. The fraction of sp³-hybridized carbons (Fsp3) is 0.176. The van der Waals surface area contributed by atoms with Crippen molar-refractivity contribution in [3.8, 4) is 0 Å². The number of anilines is 1. The van der Waals surface area contributed by atoms with Gasteiger partial charge in [-0.15, -0.1) is 0 Å². The van der Waals surface area contributed by atoms with E-state index in [9.17, 15) is 4.79 Å². The van der Waals surface area contributed by atoms with E-state index >= 15 is 0 Å². The summed E-state index contributed by atoms with van der Waals surface area (Å²) in [5, 5.41) is 4.09. The SMILES string of the molecule is Cc1ccc(NC(=O)CSc2nc3ccc(C)cc3[nH]2)c(Cl)c1. The van der Waals surface area contributed by atoms with Gasteiger partial charge in [0.15, 0.2) is 5.16 Å². The lowest BCUT2D eigenvalue weighted by atomic mass is 10.2. The minimum absolute atomic E-state index is 0.114. The molecule has 3 aromatic rings. The molecule has 0 aliphatic carbocycles. The number of nitrogens with zero attached hydrogens (tertiary/aromatic N) is 1. The van der Waals surface area contributed by atoms with E-state index in [4.69, 9.17) is 11.6 Å². The number of imidazole rings is 1. The molecule has 6 heteroatoms. The number of carbonyl (C=O) groups is 1. The number of aromatic amines is 1. The van der Waals surface area contributed by atoms with Crippen LogP contribution in [0.4, 0.5) is 5.69 Å². The molecule has 1 amide bonds. The third-order valence-electron chi connectivity index (χ3n) is 3.35. The molecule has 0 saturated heterocycles. The van der Waals surface area contributed by atoms with Crippen LogP contribution in [0.3, 0.4) is 0 Å². The molecule has 3 rings (SSSR count). The van der Waals surface area contributed by atoms with Crippen LogP contribution in [0.15, 0.2) is 41.6 Å². The first-order chi connectivity index (χ1) is 11.0. The number of hydrogen-bond donors (Lipinski definition) is 2. The highest BCUT2D eigenvalue weighted by atomic mass is 35.5. The van der Waals surface area contributed by atoms with Crippen molar-refractivity contribution in [1.82, 2.24) is 9.97 Å². The summed E-state index contributed by atoms with van der Waals surface area (Å²) in [7, 11) is 0. The van der Waals surface area contributed by atoms with Crippen LogP contribution in [0.2, 0.25) is 5.02 Å². The Hall–Kier alpha value is -1.98. The number of aryl methyl sites for hydroxylation is 2. The summed E-state index contributed by atoms with van der Waals surface area (Å²) < 4.78 is 0. The molecule has 0 bridgehead atoms. The first-order valence-electron chi connectivity index (χ1n) is 7.16. The van der Waals surface area contributed by atoms with E-state index in [1.54, 1.807) is 0 Å². The quantitative estimate of drug-likeness (QED) is 0.681. The van der Waals surface area contributed by atoms with Crippen molar-refractivity contribution in [1.29, 1.82) is 0 Å². The standard InChI is InChI=1S/C17H16ClN3OS/c1-10-3-5-13(12(18)7-10)19-16(22)9-23-17-20-14-6-4-11(2)8-15(14)21-17/h3-8H,9H2,1-2H3,(H,19,22)(H,20,21). The van der Waals surface area contributed by atoms with Crippen LogP contribution < -0.4 is 5.32 Å². The van der Waals surface area contributed by atoms with Gasteiger partial charge >= 0.3 is 0 Å². The maximum atomic E-state index is 12.1. The van der Waals surface area contributed by atoms with Gasteiger partial charge in [0.05, 0.1) is 27.5 Å². The summed E-state index contributed by atoms with van der Waals surface area (Å²) in [6.07, 6.45) is 0. The molecule has 0 atom stereocenters. The summed E-state index contributed by atoms with van der Waals surface area (Å²) in [6.45, 7) is 3.99. The third-order valence-corrected chi connectivity index (χ3v) is 4.54. The largest absolute Gasteiger partial charge is 0.333 e. The Bertz CT molecular complexity index is 875. The van der Waals surface area contributed by atoms with Crippen molar-refractivity contribution in [2.75, 3.05) is 11.1 Å². The van der Waals surface area contributed by atoms with Gasteiger partial charge < -0.3 is 10.3 Å². The number of halogens is 1. The second kappa shape index (κ2) is 6.64. The van der Waals surface area contributed by atoms with Gasteiger partial charge in [0, 0.05) is 0 Å². The van der Waals surface area contributed by atoms with Gasteiger partial charge in [0.25, 0.3) is 0 Å². The highest BCUT2D eigenvalue weighted by molar-refractivity contribution is 7.99. The average molecular weight is 346 g/mol. The van der Waals surface area contributed by atoms with Gasteiger partial charge in [0.2, 0.25) is 5.91 Å². The molecule has 0 radical (unpaired) electrons. The zero-order valence-electron chi connectivity index (χ0n) is 12.8. The molecule has 2 aromatic carbocycles. The van der Waals surface area contributed by atoms with E-state index in [-0.39, 0.29) is 11.7 Å². The van der Waals surface area contributed by atoms with Crippen molar-refractivity contribution < 1.29 is 4.79 Å². The number of thioether (sulfide) groups is 1. The van der Waals surface area contributed by atoms with Crippen LogP contribution in [0.5, 0.6) is 0 Å². The Balaban J connectivity index is 1.63. The summed E-state index contributed by atoms with van der Waals surface area (Å²) in [4.78, 5) is 19.7. The van der Waals surface area contributed by atoms with Gasteiger partial charge in [-0.05, 0) is 49.2 Å². The zero-order valence-corrected chi connectivity index (χ0v) is 14.4. The molecule has 0 aliphatic heterocycles. The second-order valence-electron chi connectivity index (χ2n) is 5.38. The Labute approximate surface area is 143 Å². The molecule has 1 aromatic heterocycles. The predicted molar refractivity (Wildman–Crippen MR) is 96.4 cm³/mol. The van der Waals surface area contributed by atoms with Gasteiger partial charge in [-0.2, -0.15) is 0 Å². The van der Waals surface area contributed by atoms with Crippen LogP contribution in [-0.4, -0.2) is 21.6 Å². The maximum Gasteiger partial charge on any atom is 0.234 e. The molecule has 0 fully saturated rings. The molecular weight excluding hydrogens is 330 g/mol. The molecule has 23 heavy (non-hydrogen) atoms. The first kappa shape index (κ1) is 15.9. The minimum Gasteiger partial charge on any atom is -0.333 e. The van der Waals surface area contributed by atoms with Crippen molar-refractivity contribution in [3.63, 3.8) is 0 Å². The lowest BCUT2D eigenvalue weighted by Gasteiger charge is -2.07. The minimum atomic E-state index is -0.114. The fourth-order valence-corrected chi connectivity index (χ4v) is 3.18. The molecule has 2 N–H and O–H groups in total. The van der Waals surface area contributed by atoms with E-state index < -0.39 is 0 Å². The van der Waals surface area contributed by atoms with E-state index in [1.165, 1.54) is 17.3 Å². The highest BCUT2D eigenvalue weighted by Crippen LogP contribution is 2.24. The molecule has 0 saturated carbocycles. The van der Waals surface area contributed by atoms with Crippen molar-refractivity contribution in [3.05, 3.63) is 52.5 Å². The highest BCUT2D eigenvalue weighted by Gasteiger charge is 2.09. The summed E-state index contributed by atoms with van der Waals surface area (Å²) >= 11 is 7.49. The molecule has 0 aliphatic rings. The zero-order chi connectivity index (χ0) is 16.4. The van der Waals surface area contributed by atoms with E-state index in [0.717, 1.165) is 21.8 Å². The Kier molecular flexibility index (Phi) is 4.59. The molecule has 4 nitrogen and oxygen atoms in total. The molecular formula is C17H16ClN3OS. The van der Waals surface area contributed by atoms with E-state index in [1.807, 2.05) is 50.2 Å². The maximum absolute atomic E-state index is 12.1. The van der Waals surface area contributed by atoms with E-state index in [0.29, 0.717) is 10.7 Å². The van der Waals surface area contributed by atoms with Gasteiger partial charge in [-0.3, -0.25) is 4.79 Å². The number of H-pyrrole nitrogens is 1. The first-order valence-corrected chi connectivity index (χ1v) is 8.53. The number of nitrogens with one attached hydrogen (secondary N) is 2. The predicted octanol–water partition coefficient (Wildman–Crippen LogP) is 4.56. The molecule has 1 heterocycles. The topological polar surface area (TPSA) is 57.8 Å². The van der Waals surface area contributed by atoms with Crippen molar-refractivity contribution >= 4 is 46.0 Å². The van der Waals surface area contributed by atoms with Gasteiger partial charge in [-0.1, -0.05) is 35.5 Å². The number of benzene rings is 2. The second-order valence-corrected chi connectivity index (χ2v) is 6.75. The smallest absolute Gasteiger partial charge is 0.234 e. The van der Waals surface area contributed by atoms with Crippen molar-refractivity contribution in [2.45, 2.75) is 19.0 Å². The van der Waals surface area contributed by atoms with Gasteiger partial charge in [-0.25, -0.2) is 4.98 Å². The molecule has 118 valence electrons. The number of aromatic nitrogens is 2. The van der Waals surface area contributed by atoms with E-state index in [2.05, 4.69) is 15.3 Å².